The van der Waals surface area contributed by atoms with Crippen molar-refractivity contribution >= 4 is 45.9 Å². The number of nitrogens with zero attached hydrogens (tertiary/aromatic N) is 4. The summed E-state index contributed by atoms with van der Waals surface area (Å²) in [5.74, 6) is 1.72. The minimum atomic E-state index is -0.0579. The molecule has 3 aromatic heterocycles. The average Bonchev–Trinajstić information content (AvgIpc) is 3.30. The molecule has 0 unspecified atom stereocenters. The molecule has 3 rings (SSSR count). The van der Waals surface area contributed by atoms with Gasteiger partial charge >= 0.3 is 0 Å². The van der Waals surface area contributed by atoms with Crippen LogP contribution in [0.25, 0.3) is 11.0 Å². The van der Waals surface area contributed by atoms with E-state index >= 15 is 0 Å². The normalized spacial score (nSPS) is 11.3. The van der Waals surface area contributed by atoms with E-state index in [1.165, 1.54) is 11.3 Å². The Bertz CT molecular complexity index is 891. The number of anilines is 1. The topological polar surface area (TPSA) is 84.7 Å². The van der Waals surface area contributed by atoms with E-state index in [1.807, 2.05) is 22.2 Å². The highest BCUT2D eigenvalue weighted by Crippen LogP contribution is 2.25. The van der Waals surface area contributed by atoms with Crippen LogP contribution in [-0.2, 0) is 6.54 Å². The minimum absolute atomic E-state index is 0.0579. The molecule has 3 aromatic rings. The van der Waals surface area contributed by atoms with Gasteiger partial charge in [-0.25, -0.2) is 14.6 Å². The molecule has 0 aromatic carbocycles. The zero-order valence-corrected chi connectivity index (χ0v) is 17.4. The van der Waals surface area contributed by atoms with Gasteiger partial charge in [0.1, 0.15) is 5.82 Å². The first-order valence-electron chi connectivity index (χ1n) is 9.03. The summed E-state index contributed by atoms with van der Waals surface area (Å²) in [4.78, 5) is 22.1. The molecule has 7 nitrogen and oxygen atoms in total. The van der Waals surface area contributed by atoms with E-state index in [2.05, 4.69) is 46.5 Å². The van der Waals surface area contributed by atoms with Gasteiger partial charge in [-0.1, -0.05) is 24.8 Å². The van der Waals surface area contributed by atoms with Crippen molar-refractivity contribution in [3.05, 3.63) is 28.6 Å². The zero-order chi connectivity index (χ0) is 19.2. The van der Waals surface area contributed by atoms with Crippen LogP contribution in [0, 0.1) is 0 Å². The number of carbonyl (C=O) groups is 1. The molecular formula is C18H24N6OS2. The Kier molecular flexibility index (Phi) is 6.68. The fourth-order valence-corrected chi connectivity index (χ4v) is 3.84. The maximum absolute atomic E-state index is 12.1. The van der Waals surface area contributed by atoms with Gasteiger partial charge in [-0.2, -0.15) is 5.10 Å². The number of carbonyl (C=O) groups excluding carboxylic acids is 1. The van der Waals surface area contributed by atoms with Crippen molar-refractivity contribution in [3.8, 4) is 0 Å². The van der Waals surface area contributed by atoms with E-state index in [9.17, 15) is 4.79 Å². The van der Waals surface area contributed by atoms with Crippen LogP contribution in [0.15, 0.2) is 28.9 Å². The molecule has 0 saturated carbocycles. The van der Waals surface area contributed by atoms with Crippen LogP contribution in [-0.4, -0.2) is 44.0 Å². The fourth-order valence-electron chi connectivity index (χ4n) is 2.51. The number of aromatic nitrogens is 4. The number of amides is 1. The third-order valence-corrected chi connectivity index (χ3v) is 5.61. The third-order valence-electron chi connectivity index (χ3n) is 3.69. The largest absolute Gasteiger partial charge is 0.367 e. The van der Waals surface area contributed by atoms with Crippen LogP contribution in [0.5, 0.6) is 0 Å². The Hall–Kier alpha value is -2.13. The van der Waals surface area contributed by atoms with E-state index < -0.39 is 0 Å². The number of nitrogens with one attached hydrogen (secondary N) is 2. The maximum atomic E-state index is 12.1. The molecule has 2 N–H and O–H groups in total. The standard InChI is InChI=1S/C18H24N6OS2/c1-4-9-27-18-22-15(21-12(2)3)13-11-20-24(16(13)23-18)8-7-19-17(25)14-6-5-10-26-14/h5-6,10-12H,4,7-9H2,1-3H3,(H,19,25)(H,21,22,23). The lowest BCUT2D eigenvalue weighted by Gasteiger charge is -2.12. The molecule has 0 aliphatic rings. The molecule has 0 fully saturated rings. The lowest BCUT2D eigenvalue weighted by molar-refractivity contribution is 0.0956. The van der Waals surface area contributed by atoms with Gasteiger partial charge in [-0.05, 0) is 31.7 Å². The number of hydrogen-bond acceptors (Lipinski definition) is 7. The SMILES string of the molecule is CCCSc1nc(NC(C)C)c2cnn(CCNC(=O)c3cccs3)c2n1. The number of hydrogen-bond donors (Lipinski definition) is 2. The summed E-state index contributed by atoms with van der Waals surface area (Å²) in [6.45, 7) is 7.34. The predicted molar refractivity (Wildman–Crippen MR) is 112 cm³/mol. The monoisotopic (exact) mass is 404 g/mol. The number of rotatable bonds is 9. The molecule has 0 aliphatic carbocycles. The number of fused-ring (bicyclic) bond motifs is 1. The van der Waals surface area contributed by atoms with Crippen LogP contribution in [0.2, 0.25) is 0 Å². The molecule has 0 atom stereocenters. The Morgan fingerprint density at radius 3 is 2.93 bits per heavy atom. The van der Waals surface area contributed by atoms with E-state index in [4.69, 9.17) is 0 Å². The number of thioether (sulfide) groups is 1. The fraction of sp³-hybridized carbons (Fsp3) is 0.444. The quantitative estimate of drug-likeness (QED) is 0.418. The first-order chi connectivity index (χ1) is 13.1. The van der Waals surface area contributed by atoms with Gasteiger partial charge in [-0.3, -0.25) is 4.79 Å². The maximum Gasteiger partial charge on any atom is 0.261 e. The van der Waals surface area contributed by atoms with Gasteiger partial charge in [0, 0.05) is 18.3 Å². The smallest absolute Gasteiger partial charge is 0.261 e. The molecule has 27 heavy (non-hydrogen) atoms. The number of thiophene rings is 1. The van der Waals surface area contributed by atoms with Gasteiger partial charge in [0.05, 0.1) is 23.0 Å². The van der Waals surface area contributed by atoms with Crippen molar-refractivity contribution < 1.29 is 4.79 Å². The Labute approximate surface area is 167 Å². The van der Waals surface area contributed by atoms with E-state index in [1.54, 1.807) is 18.0 Å². The highest BCUT2D eigenvalue weighted by atomic mass is 32.2. The van der Waals surface area contributed by atoms with E-state index in [0.717, 1.165) is 34.2 Å². The van der Waals surface area contributed by atoms with Crippen LogP contribution in [0.1, 0.15) is 36.9 Å². The van der Waals surface area contributed by atoms with Crippen LogP contribution >= 0.6 is 23.1 Å². The van der Waals surface area contributed by atoms with E-state index in [0.29, 0.717) is 18.0 Å². The molecule has 0 aliphatic heterocycles. The molecule has 9 heteroatoms. The first-order valence-corrected chi connectivity index (χ1v) is 10.9. The first kappa shape index (κ1) is 19.6. The van der Waals surface area contributed by atoms with Crippen molar-refractivity contribution in [2.24, 2.45) is 0 Å². The molecule has 0 spiro atoms. The molecule has 0 saturated heterocycles. The highest BCUT2D eigenvalue weighted by Gasteiger charge is 2.14. The second kappa shape index (κ2) is 9.18. The summed E-state index contributed by atoms with van der Waals surface area (Å²) in [7, 11) is 0. The Morgan fingerprint density at radius 2 is 2.22 bits per heavy atom. The van der Waals surface area contributed by atoms with Gasteiger partial charge < -0.3 is 10.6 Å². The lowest BCUT2D eigenvalue weighted by atomic mass is 10.3. The molecule has 0 radical (unpaired) electrons. The van der Waals surface area contributed by atoms with Crippen molar-refractivity contribution in [3.63, 3.8) is 0 Å². The van der Waals surface area contributed by atoms with Crippen molar-refractivity contribution in [1.29, 1.82) is 0 Å². The summed E-state index contributed by atoms with van der Waals surface area (Å²) in [6.07, 6.45) is 2.85. The molecule has 0 bridgehead atoms. The summed E-state index contributed by atoms with van der Waals surface area (Å²) in [5.41, 5.74) is 0.789. The second-order valence-corrected chi connectivity index (χ2v) is 8.35. The zero-order valence-electron chi connectivity index (χ0n) is 15.7. The molecule has 1 amide bonds. The summed E-state index contributed by atoms with van der Waals surface area (Å²) in [6, 6.07) is 3.95. The van der Waals surface area contributed by atoms with E-state index in [-0.39, 0.29) is 11.9 Å². The third kappa shape index (κ3) is 4.98. The summed E-state index contributed by atoms with van der Waals surface area (Å²) >= 11 is 3.08. The van der Waals surface area contributed by atoms with Crippen LogP contribution in [0.3, 0.4) is 0 Å². The molecule has 144 valence electrons. The van der Waals surface area contributed by atoms with Gasteiger partial charge in [0.2, 0.25) is 0 Å². The molecular weight excluding hydrogens is 380 g/mol. The van der Waals surface area contributed by atoms with Gasteiger partial charge in [-0.15, -0.1) is 11.3 Å². The predicted octanol–water partition coefficient (Wildman–Crippen LogP) is 3.64. The van der Waals surface area contributed by atoms with Crippen molar-refractivity contribution in [1.82, 2.24) is 25.1 Å². The molecule has 3 heterocycles. The Balaban J connectivity index is 1.77. The second-order valence-electron chi connectivity index (χ2n) is 6.34. The average molecular weight is 405 g/mol. The van der Waals surface area contributed by atoms with Crippen molar-refractivity contribution in [2.45, 2.75) is 44.9 Å². The van der Waals surface area contributed by atoms with Crippen molar-refractivity contribution in [2.75, 3.05) is 17.6 Å². The van der Waals surface area contributed by atoms with Gasteiger partial charge in [0.25, 0.3) is 5.91 Å². The van der Waals surface area contributed by atoms with Crippen LogP contribution < -0.4 is 10.6 Å². The lowest BCUT2D eigenvalue weighted by Crippen LogP contribution is -2.26. The minimum Gasteiger partial charge on any atom is -0.367 e. The highest BCUT2D eigenvalue weighted by molar-refractivity contribution is 7.99. The van der Waals surface area contributed by atoms with Crippen LogP contribution in [0.4, 0.5) is 5.82 Å². The Morgan fingerprint density at radius 1 is 1.37 bits per heavy atom. The summed E-state index contributed by atoms with van der Waals surface area (Å²) < 4.78 is 1.83. The van der Waals surface area contributed by atoms with Gasteiger partial charge in [0.15, 0.2) is 10.8 Å². The summed E-state index contributed by atoms with van der Waals surface area (Å²) in [5, 5.41) is 14.3.